The Labute approximate surface area is 148 Å². The highest BCUT2D eigenvalue weighted by Gasteiger charge is 2.28. The number of aryl methyl sites for hydroxylation is 1. The summed E-state index contributed by atoms with van der Waals surface area (Å²) in [6, 6.07) is 3.99. The first kappa shape index (κ1) is 17.7. The number of hydrogen-bond acceptors (Lipinski definition) is 6. The Morgan fingerprint density at radius 3 is 3.08 bits per heavy atom. The highest BCUT2D eigenvalue weighted by atomic mass is 16.4. The van der Waals surface area contributed by atoms with Crippen LogP contribution in [0.3, 0.4) is 0 Å². The van der Waals surface area contributed by atoms with Gasteiger partial charge in [-0.3, -0.25) is 14.6 Å². The van der Waals surface area contributed by atoms with Crippen LogP contribution < -0.4 is 5.32 Å². The molecule has 0 saturated carbocycles. The molecule has 0 spiro atoms. The van der Waals surface area contributed by atoms with Gasteiger partial charge in [-0.25, -0.2) is 4.98 Å². The molecule has 3 heterocycles. The maximum absolute atomic E-state index is 12.2. The highest BCUT2D eigenvalue weighted by Crippen LogP contribution is 2.17. The minimum Gasteiger partial charge on any atom is -0.467 e. The Bertz CT molecular complexity index is 682. The van der Waals surface area contributed by atoms with Crippen LogP contribution in [0.15, 0.2) is 33.4 Å². The summed E-state index contributed by atoms with van der Waals surface area (Å²) >= 11 is 0. The first-order valence-corrected chi connectivity index (χ1v) is 8.68. The molecule has 2 aromatic rings. The molecule has 2 atom stereocenters. The molecule has 136 valence electrons. The molecule has 0 aromatic carbocycles. The molecule has 2 unspecified atom stereocenters. The molecular formula is C18H26N4O3. The number of likely N-dealkylation sites (tertiary alicyclic amines) is 1. The summed E-state index contributed by atoms with van der Waals surface area (Å²) in [5.74, 6) is 2.37. The van der Waals surface area contributed by atoms with E-state index >= 15 is 0 Å². The monoisotopic (exact) mass is 346 g/mol. The zero-order valence-corrected chi connectivity index (χ0v) is 15.1. The van der Waals surface area contributed by atoms with E-state index in [2.05, 4.69) is 27.1 Å². The van der Waals surface area contributed by atoms with Crippen molar-refractivity contribution in [1.29, 1.82) is 0 Å². The molecule has 1 aliphatic heterocycles. The third-order valence-corrected chi connectivity index (χ3v) is 4.64. The molecule has 1 amide bonds. The second-order valence-electron chi connectivity index (χ2n) is 6.76. The zero-order valence-electron chi connectivity index (χ0n) is 15.1. The largest absolute Gasteiger partial charge is 0.467 e. The molecule has 7 nitrogen and oxygen atoms in total. The lowest BCUT2D eigenvalue weighted by atomic mass is 10.2. The number of hydrogen-bond donors (Lipinski definition) is 1. The minimum absolute atomic E-state index is 0.0236. The Hall–Kier alpha value is -2.12. The number of aromatic nitrogens is 1. The van der Waals surface area contributed by atoms with Crippen molar-refractivity contribution in [3.63, 3.8) is 0 Å². The SMILES string of the molecule is Cc1cnc(CN(C)C2CCN(CC(=O)NC(C)c3ccco3)C2)o1. The van der Waals surface area contributed by atoms with Gasteiger partial charge in [-0.2, -0.15) is 0 Å². The topological polar surface area (TPSA) is 74.8 Å². The fraction of sp³-hybridized carbons (Fsp3) is 0.556. The fourth-order valence-corrected chi connectivity index (χ4v) is 3.23. The summed E-state index contributed by atoms with van der Waals surface area (Å²) < 4.78 is 10.9. The van der Waals surface area contributed by atoms with E-state index in [9.17, 15) is 4.79 Å². The van der Waals surface area contributed by atoms with Crippen LogP contribution in [0.1, 0.15) is 36.8 Å². The number of carbonyl (C=O) groups excluding carboxylic acids is 1. The smallest absolute Gasteiger partial charge is 0.234 e. The van der Waals surface area contributed by atoms with Crippen molar-refractivity contribution in [2.75, 3.05) is 26.7 Å². The Kier molecular flexibility index (Phi) is 5.55. The van der Waals surface area contributed by atoms with Crippen LogP contribution in [-0.4, -0.2) is 53.4 Å². The number of oxazole rings is 1. The predicted molar refractivity (Wildman–Crippen MR) is 92.8 cm³/mol. The van der Waals surface area contributed by atoms with Crippen LogP contribution in [0, 0.1) is 6.92 Å². The van der Waals surface area contributed by atoms with E-state index < -0.39 is 0 Å². The predicted octanol–water partition coefficient (Wildman–Crippen LogP) is 1.96. The van der Waals surface area contributed by atoms with E-state index in [-0.39, 0.29) is 11.9 Å². The standard InChI is InChI=1S/C18H26N4O3/c1-13-9-19-18(25-13)12-21(3)15-6-7-22(10-15)11-17(23)20-14(2)16-5-4-8-24-16/h4-5,8-9,14-15H,6-7,10-12H2,1-3H3,(H,20,23). The van der Waals surface area contributed by atoms with Gasteiger partial charge in [0.2, 0.25) is 11.8 Å². The Morgan fingerprint density at radius 1 is 1.56 bits per heavy atom. The summed E-state index contributed by atoms with van der Waals surface area (Å²) in [7, 11) is 2.08. The first-order valence-electron chi connectivity index (χ1n) is 8.68. The maximum Gasteiger partial charge on any atom is 0.234 e. The third kappa shape index (κ3) is 4.70. The molecular weight excluding hydrogens is 320 g/mol. The molecule has 7 heteroatoms. The zero-order chi connectivity index (χ0) is 17.8. The minimum atomic E-state index is -0.114. The average molecular weight is 346 g/mol. The molecule has 0 radical (unpaired) electrons. The second-order valence-corrected chi connectivity index (χ2v) is 6.76. The van der Waals surface area contributed by atoms with Crippen molar-refractivity contribution in [3.8, 4) is 0 Å². The van der Waals surface area contributed by atoms with Crippen LogP contribution >= 0.6 is 0 Å². The molecule has 1 N–H and O–H groups in total. The van der Waals surface area contributed by atoms with Crippen molar-refractivity contribution < 1.29 is 13.6 Å². The van der Waals surface area contributed by atoms with Gasteiger partial charge in [-0.05, 0) is 39.4 Å². The van der Waals surface area contributed by atoms with Crippen LogP contribution in [0.2, 0.25) is 0 Å². The second kappa shape index (κ2) is 7.84. The summed E-state index contributed by atoms with van der Waals surface area (Å²) in [6.45, 7) is 6.72. The van der Waals surface area contributed by atoms with Gasteiger partial charge in [-0.15, -0.1) is 0 Å². The van der Waals surface area contributed by atoms with Crippen molar-refractivity contribution in [2.24, 2.45) is 0 Å². The average Bonchev–Trinajstić information content (AvgIpc) is 3.28. The molecule has 1 saturated heterocycles. The van der Waals surface area contributed by atoms with Crippen molar-refractivity contribution in [1.82, 2.24) is 20.1 Å². The van der Waals surface area contributed by atoms with E-state index in [4.69, 9.17) is 8.83 Å². The molecule has 1 fully saturated rings. The third-order valence-electron chi connectivity index (χ3n) is 4.64. The van der Waals surface area contributed by atoms with E-state index in [1.807, 2.05) is 26.0 Å². The van der Waals surface area contributed by atoms with Crippen LogP contribution in [-0.2, 0) is 11.3 Å². The van der Waals surface area contributed by atoms with E-state index in [1.54, 1.807) is 12.5 Å². The number of likely N-dealkylation sites (N-methyl/N-ethyl adjacent to an activating group) is 1. The number of amides is 1. The van der Waals surface area contributed by atoms with Gasteiger partial charge >= 0.3 is 0 Å². The van der Waals surface area contributed by atoms with Crippen molar-refractivity contribution in [2.45, 2.75) is 38.9 Å². The maximum atomic E-state index is 12.2. The van der Waals surface area contributed by atoms with Gasteiger partial charge in [0.1, 0.15) is 11.5 Å². The number of nitrogens with zero attached hydrogens (tertiary/aromatic N) is 3. The summed E-state index contributed by atoms with van der Waals surface area (Å²) in [5.41, 5.74) is 0. The van der Waals surface area contributed by atoms with E-state index in [1.165, 1.54) is 0 Å². The summed E-state index contributed by atoms with van der Waals surface area (Å²) in [5, 5.41) is 2.98. The highest BCUT2D eigenvalue weighted by molar-refractivity contribution is 5.78. The Balaban J connectivity index is 1.43. The Morgan fingerprint density at radius 2 is 2.40 bits per heavy atom. The molecule has 1 aliphatic rings. The fourth-order valence-electron chi connectivity index (χ4n) is 3.23. The van der Waals surface area contributed by atoms with E-state index in [0.717, 1.165) is 36.9 Å². The number of carbonyl (C=O) groups is 1. The molecule has 0 bridgehead atoms. The normalized spacial score (nSPS) is 19.4. The number of furan rings is 1. The lowest BCUT2D eigenvalue weighted by molar-refractivity contribution is -0.122. The van der Waals surface area contributed by atoms with Gasteiger partial charge in [0.25, 0.3) is 0 Å². The van der Waals surface area contributed by atoms with Crippen LogP contribution in [0.4, 0.5) is 0 Å². The van der Waals surface area contributed by atoms with E-state index in [0.29, 0.717) is 19.1 Å². The number of nitrogens with one attached hydrogen (secondary N) is 1. The van der Waals surface area contributed by atoms with Gasteiger partial charge in [-0.1, -0.05) is 0 Å². The van der Waals surface area contributed by atoms with Gasteiger partial charge in [0.15, 0.2) is 0 Å². The quantitative estimate of drug-likeness (QED) is 0.826. The number of rotatable bonds is 7. The van der Waals surface area contributed by atoms with Crippen LogP contribution in [0.5, 0.6) is 0 Å². The summed E-state index contributed by atoms with van der Waals surface area (Å²) in [4.78, 5) is 20.9. The van der Waals surface area contributed by atoms with Gasteiger partial charge < -0.3 is 14.2 Å². The van der Waals surface area contributed by atoms with Crippen LogP contribution in [0.25, 0.3) is 0 Å². The molecule has 3 rings (SSSR count). The molecule has 2 aromatic heterocycles. The van der Waals surface area contributed by atoms with Gasteiger partial charge in [0.05, 0.1) is 31.6 Å². The van der Waals surface area contributed by atoms with Gasteiger partial charge in [0, 0.05) is 19.1 Å². The first-order chi connectivity index (χ1) is 12.0. The summed E-state index contributed by atoms with van der Waals surface area (Å²) in [6.07, 6.45) is 4.40. The van der Waals surface area contributed by atoms with Crippen molar-refractivity contribution >= 4 is 5.91 Å². The molecule has 0 aliphatic carbocycles. The lowest BCUT2D eigenvalue weighted by Crippen LogP contribution is -2.39. The lowest BCUT2D eigenvalue weighted by Gasteiger charge is -2.23. The molecule has 25 heavy (non-hydrogen) atoms. The van der Waals surface area contributed by atoms with Crippen molar-refractivity contribution in [3.05, 3.63) is 42.0 Å².